The fraction of sp³-hybridized carbons (Fsp3) is 0.368. The highest BCUT2D eigenvalue weighted by molar-refractivity contribution is 5.49. The van der Waals surface area contributed by atoms with E-state index in [1.807, 2.05) is 48.5 Å². The Morgan fingerprint density at radius 1 is 1.05 bits per heavy atom. The van der Waals surface area contributed by atoms with E-state index in [1.54, 1.807) is 0 Å². The van der Waals surface area contributed by atoms with Gasteiger partial charge < -0.3 is 14.7 Å². The number of ether oxygens (including phenoxy) is 1. The van der Waals surface area contributed by atoms with Gasteiger partial charge in [-0.15, -0.1) is 0 Å². The molecule has 2 aromatic carbocycles. The Balaban J connectivity index is 2.05. The molecule has 1 aliphatic heterocycles. The van der Waals surface area contributed by atoms with Gasteiger partial charge in [-0.2, -0.15) is 0 Å². The third-order valence-electron chi connectivity index (χ3n) is 4.32. The van der Waals surface area contributed by atoms with Gasteiger partial charge in [0.15, 0.2) is 0 Å². The zero-order valence-corrected chi connectivity index (χ0v) is 13.2. The molecule has 1 heterocycles. The van der Waals surface area contributed by atoms with Crippen LogP contribution in [-0.4, -0.2) is 30.6 Å². The molecule has 1 aliphatic rings. The molecule has 2 aromatic rings. The third kappa shape index (κ3) is 2.74. The van der Waals surface area contributed by atoms with Crippen molar-refractivity contribution in [3.8, 4) is 5.75 Å². The number of nitrogens with zero attached hydrogens (tertiary/aromatic N) is 1. The molecule has 0 spiro atoms. The SMILES string of the molecule is CN(C)CCCC1(O)c2ccccc2COc2ccccc21. The highest BCUT2D eigenvalue weighted by atomic mass is 16.5. The first-order chi connectivity index (χ1) is 10.6. The summed E-state index contributed by atoms with van der Waals surface area (Å²) in [6.45, 7) is 1.46. The molecule has 3 rings (SSSR count). The van der Waals surface area contributed by atoms with Gasteiger partial charge in [0.25, 0.3) is 0 Å². The van der Waals surface area contributed by atoms with Crippen LogP contribution in [0.5, 0.6) is 5.75 Å². The number of aliphatic hydroxyl groups is 1. The van der Waals surface area contributed by atoms with Crippen LogP contribution in [0.25, 0.3) is 0 Å². The molecule has 0 aromatic heterocycles. The summed E-state index contributed by atoms with van der Waals surface area (Å²) in [5.41, 5.74) is 1.92. The predicted molar refractivity (Wildman–Crippen MR) is 88.0 cm³/mol. The summed E-state index contributed by atoms with van der Waals surface area (Å²) in [7, 11) is 4.12. The van der Waals surface area contributed by atoms with Crippen molar-refractivity contribution < 1.29 is 9.84 Å². The van der Waals surface area contributed by atoms with E-state index in [0.717, 1.165) is 35.4 Å². The van der Waals surface area contributed by atoms with Crippen molar-refractivity contribution in [2.24, 2.45) is 0 Å². The summed E-state index contributed by atoms with van der Waals surface area (Å²) in [6.07, 6.45) is 1.61. The maximum Gasteiger partial charge on any atom is 0.126 e. The lowest BCUT2D eigenvalue weighted by molar-refractivity contribution is 0.0658. The van der Waals surface area contributed by atoms with Crippen LogP contribution >= 0.6 is 0 Å². The topological polar surface area (TPSA) is 32.7 Å². The summed E-state index contributed by atoms with van der Waals surface area (Å²) in [6, 6.07) is 15.9. The smallest absolute Gasteiger partial charge is 0.126 e. The number of benzene rings is 2. The molecule has 0 aliphatic carbocycles. The van der Waals surface area contributed by atoms with Gasteiger partial charge in [0.1, 0.15) is 18.0 Å². The summed E-state index contributed by atoms with van der Waals surface area (Å²) in [4.78, 5) is 2.15. The molecule has 22 heavy (non-hydrogen) atoms. The predicted octanol–water partition coefficient (Wildman–Crippen LogP) is 3.16. The fourth-order valence-corrected chi connectivity index (χ4v) is 3.20. The standard InChI is InChI=1S/C19H23NO2/c1-20(2)13-7-12-19(21)16-9-4-3-8-15(16)14-22-18-11-6-5-10-17(18)19/h3-6,8-11,21H,7,12-14H2,1-2H3. The van der Waals surface area contributed by atoms with Crippen LogP contribution in [0.4, 0.5) is 0 Å². The van der Waals surface area contributed by atoms with E-state index < -0.39 is 5.60 Å². The van der Waals surface area contributed by atoms with Gasteiger partial charge in [0.2, 0.25) is 0 Å². The van der Waals surface area contributed by atoms with Gasteiger partial charge in [0, 0.05) is 5.56 Å². The van der Waals surface area contributed by atoms with Crippen molar-refractivity contribution in [1.29, 1.82) is 0 Å². The molecule has 1 N–H and O–H groups in total. The van der Waals surface area contributed by atoms with Gasteiger partial charge in [-0.3, -0.25) is 0 Å². The minimum absolute atomic E-state index is 0.503. The van der Waals surface area contributed by atoms with E-state index in [0.29, 0.717) is 13.0 Å². The van der Waals surface area contributed by atoms with Gasteiger partial charge in [-0.05, 0) is 50.7 Å². The van der Waals surface area contributed by atoms with Crippen molar-refractivity contribution >= 4 is 0 Å². The Labute approximate surface area is 132 Å². The maximum absolute atomic E-state index is 11.6. The van der Waals surface area contributed by atoms with E-state index >= 15 is 0 Å². The van der Waals surface area contributed by atoms with Crippen LogP contribution in [-0.2, 0) is 12.2 Å². The number of fused-ring (bicyclic) bond motifs is 2. The summed E-state index contributed by atoms with van der Waals surface area (Å²) < 4.78 is 5.93. The molecule has 3 nitrogen and oxygen atoms in total. The first-order valence-corrected chi connectivity index (χ1v) is 7.79. The fourth-order valence-electron chi connectivity index (χ4n) is 3.20. The Bertz CT molecular complexity index is 604. The van der Waals surface area contributed by atoms with Crippen LogP contribution in [0.1, 0.15) is 29.5 Å². The van der Waals surface area contributed by atoms with Crippen molar-refractivity contribution in [3.05, 3.63) is 65.2 Å². The van der Waals surface area contributed by atoms with Gasteiger partial charge in [0.05, 0.1) is 0 Å². The Hall–Kier alpha value is -1.84. The molecule has 1 atom stereocenters. The zero-order valence-electron chi connectivity index (χ0n) is 13.2. The average molecular weight is 297 g/mol. The largest absolute Gasteiger partial charge is 0.488 e. The van der Waals surface area contributed by atoms with Crippen molar-refractivity contribution in [1.82, 2.24) is 4.90 Å². The molecule has 0 fully saturated rings. The molecule has 3 heteroatoms. The molecule has 0 radical (unpaired) electrons. The number of hydrogen-bond donors (Lipinski definition) is 1. The first-order valence-electron chi connectivity index (χ1n) is 7.79. The summed E-state index contributed by atoms with van der Waals surface area (Å²) in [5.74, 6) is 0.783. The third-order valence-corrected chi connectivity index (χ3v) is 4.32. The molecular weight excluding hydrogens is 274 g/mol. The highest BCUT2D eigenvalue weighted by Gasteiger charge is 2.37. The van der Waals surface area contributed by atoms with Crippen LogP contribution in [0, 0.1) is 0 Å². The minimum atomic E-state index is -0.986. The quantitative estimate of drug-likeness (QED) is 0.941. The maximum atomic E-state index is 11.6. The van der Waals surface area contributed by atoms with E-state index in [2.05, 4.69) is 19.0 Å². The minimum Gasteiger partial charge on any atom is -0.488 e. The summed E-state index contributed by atoms with van der Waals surface area (Å²) in [5, 5.41) is 11.6. The van der Waals surface area contributed by atoms with Crippen LogP contribution in [0.15, 0.2) is 48.5 Å². The van der Waals surface area contributed by atoms with E-state index in [4.69, 9.17) is 4.74 Å². The van der Waals surface area contributed by atoms with Gasteiger partial charge in [-0.1, -0.05) is 42.5 Å². The molecule has 0 bridgehead atoms. The normalized spacial score (nSPS) is 20.0. The Morgan fingerprint density at radius 3 is 2.50 bits per heavy atom. The molecule has 116 valence electrons. The summed E-state index contributed by atoms with van der Waals surface area (Å²) >= 11 is 0. The lowest BCUT2D eigenvalue weighted by Gasteiger charge is -2.30. The van der Waals surface area contributed by atoms with Gasteiger partial charge in [-0.25, -0.2) is 0 Å². The van der Waals surface area contributed by atoms with Crippen LogP contribution in [0.3, 0.4) is 0 Å². The number of para-hydroxylation sites is 1. The molecule has 1 unspecified atom stereocenters. The lowest BCUT2D eigenvalue weighted by atomic mass is 9.80. The average Bonchev–Trinajstić information content (AvgIpc) is 2.64. The number of hydrogen-bond acceptors (Lipinski definition) is 3. The highest BCUT2D eigenvalue weighted by Crippen LogP contribution is 2.43. The second kappa shape index (κ2) is 6.11. The van der Waals surface area contributed by atoms with E-state index in [1.165, 1.54) is 0 Å². The number of rotatable bonds is 4. The van der Waals surface area contributed by atoms with Gasteiger partial charge >= 0.3 is 0 Å². The molecular formula is C19H23NO2. The van der Waals surface area contributed by atoms with Crippen LogP contribution in [0.2, 0.25) is 0 Å². The van der Waals surface area contributed by atoms with Crippen molar-refractivity contribution in [2.45, 2.75) is 25.0 Å². The Morgan fingerprint density at radius 2 is 1.73 bits per heavy atom. The molecule has 0 saturated heterocycles. The second-order valence-electron chi connectivity index (χ2n) is 6.21. The monoisotopic (exact) mass is 297 g/mol. The second-order valence-corrected chi connectivity index (χ2v) is 6.21. The molecule has 0 amide bonds. The molecule has 0 saturated carbocycles. The van der Waals surface area contributed by atoms with E-state index in [-0.39, 0.29) is 0 Å². The lowest BCUT2D eigenvalue weighted by Crippen LogP contribution is -2.29. The van der Waals surface area contributed by atoms with Crippen LogP contribution < -0.4 is 4.74 Å². The Kier molecular flexibility index (Phi) is 4.19. The zero-order chi connectivity index (χ0) is 15.6. The van der Waals surface area contributed by atoms with Crippen molar-refractivity contribution in [3.63, 3.8) is 0 Å². The van der Waals surface area contributed by atoms with E-state index in [9.17, 15) is 5.11 Å². The first kappa shape index (κ1) is 15.1. The van der Waals surface area contributed by atoms with Crippen molar-refractivity contribution in [2.75, 3.05) is 20.6 Å².